The molecule has 8 nitrogen and oxygen atoms in total. The Morgan fingerprint density at radius 1 is 1.03 bits per heavy atom. The van der Waals surface area contributed by atoms with Crippen molar-refractivity contribution < 1.29 is 4.79 Å². The number of aromatic nitrogens is 2. The molecule has 1 aromatic carbocycles. The third-order valence-corrected chi connectivity index (χ3v) is 6.03. The first-order valence-corrected chi connectivity index (χ1v) is 10.9. The van der Waals surface area contributed by atoms with Crippen LogP contribution in [-0.2, 0) is 13.1 Å². The second-order valence-electron chi connectivity index (χ2n) is 8.26. The summed E-state index contributed by atoms with van der Waals surface area (Å²) < 4.78 is 0. The lowest BCUT2D eigenvalue weighted by Crippen LogP contribution is -2.44. The fraction of sp³-hybridized carbons (Fsp3) is 0.292. The zero-order valence-corrected chi connectivity index (χ0v) is 18.2. The largest absolute Gasteiger partial charge is 0.369 e. The zero-order chi connectivity index (χ0) is 21.9. The second kappa shape index (κ2) is 8.84. The summed E-state index contributed by atoms with van der Waals surface area (Å²) in [6.07, 6.45) is 5.31. The van der Waals surface area contributed by atoms with Gasteiger partial charge in [-0.25, -0.2) is 9.78 Å². The van der Waals surface area contributed by atoms with E-state index in [-0.39, 0.29) is 6.03 Å². The number of carbonyl (C=O) groups excluding carboxylic acids is 1. The lowest BCUT2D eigenvalue weighted by Gasteiger charge is -2.34. The van der Waals surface area contributed by atoms with Gasteiger partial charge in [0.05, 0.1) is 12.2 Å². The highest BCUT2D eigenvalue weighted by atomic mass is 16.2. The number of rotatable bonds is 5. The Balaban J connectivity index is 1.32. The van der Waals surface area contributed by atoms with E-state index in [0.29, 0.717) is 18.9 Å². The molecule has 1 fully saturated rings. The number of fused-ring (bicyclic) bond motifs is 1. The highest BCUT2D eigenvalue weighted by Crippen LogP contribution is 2.29. The van der Waals surface area contributed by atoms with Crippen molar-refractivity contribution in [2.24, 2.45) is 0 Å². The van der Waals surface area contributed by atoms with Crippen molar-refractivity contribution in [2.45, 2.75) is 13.1 Å². The predicted molar refractivity (Wildman–Crippen MR) is 126 cm³/mol. The van der Waals surface area contributed by atoms with Crippen molar-refractivity contribution in [1.29, 1.82) is 0 Å². The van der Waals surface area contributed by atoms with E-state index in [2.05, 4.69) is 61.7 Å². The van der Waals surface area contributed by atoms with Gasteiger partial charge in [0.2, 0.25) is 0 Å². The van der Waals surface area contributed by atoms with Crippen molar-refractivity contribution >= 4 is 28.9 Å². The molecular formula is C24H27N7O. The predicted octanol–water partition coefficient (Wildman–Crippen LogP) is 3.20. The first kappa shape index (κ1) is 20.3. The lowest BCUT2D eigenvalue weighted by atomic mass is 10.1. The molecule has 1 saturated heterocycles. The standard InChI is InChI=1S/C24H27N7O/c1-29-10-12-30(13-11-29)21-4-2-20(3-5-21)28-23-14-22-19(15-26-23)16-27-24(32)31(22)17-18-6-8-25-9-7-18/h2-9,14-15H,10-13,16-17H2,1H3,(H,26,28)(H,27,32). The van der Waals surface area contributed by atoms with Crippen LogP contribution >= 0.6 is 0 Å². The Hall–Kier alpha value is -3.65. The van der Waals surface area contributed by atoms with Gasteiger partial charge in [-0.1, -0.05) is 0 Å². The third-order valence-electron chi connectivity index (χ3n) is 6.03. The van der Waals surface area contributed by atoms with E-state index in [4.69, 9.17) is 0 Å². The molecule has 5 rings (SSSR count). The SMILES string of the molecule is CN1CCN(c2ccc(Nc3cc4c(cn3)CNC(=O)N4Cc3ccncc3)cc2)CC1. The van der Waals surface area contributed by atoms with Gasteiger partial charge in [-0.05, 0) is 49.0 Å². The van der Waals surface area contributed by atoms with Gasteiger partial charge in [-0.3, -0.25) is 9.88 Å². The number of anilines is 4. The number of hydrogen-bond acceptors (Lipinski definition) is 6. The number of urea groups is 1. The molecule has 2 aliphatic rings. The van der Waals surface area contributed by atoms with Crippen LogP contribution in [0.15, 0.2) is 61.1 Å². The van der Waals surface area contributed by atoms with Crippen molar-refractivity contribution in [3.8, 4) is 0 Å². The van der Waals surface area contributed by atoms with Gasteiger partial charge in [0.25, 0.3) is 0 Å². The summed E-state index contributed by atoms with van der Waals surface area (Å²) in [6.45, 7) is 5.22. The molecule has 164 valence electrons. The molecule has 2 amide bonds. The Labute approximate surface area is 187 Å². The summed E-state index contributed by atoms with van der Waals surface area (Å²) in [5.74, 6) is 0.713. The first-order valence-electron chi connectivity index (χ1n) is 10.9. The average Bonchev–Trinajstić information content (AvgIpc) is 2.83. The third kappa shape index (κ3) is 4.36. The van der Waals surface area contributed by atoms with Crippen LogP contribution in [0.3, 0.4) is 0 Å². The van der Waals surface area contributed by atoms with Crippen LogP contribution < -0.4 is 20.4 Å². The number of amides is 2. The summed E-state index contributed by atoms with van der Waals surface area (Å²) in [4.78, 5) is 27.7. The number of piperazine rings is 1. The van der Waals surface area contributed by atoms with Gasteiger partial charge in [0.1, 0.15) is 5.82 Å². The van der Waals surface area contributed by atoms with Crippen LogP contribution in [0.25, 0.3) is 0 Å². The van der Waals surface area contributed by atoms with Crippen molar-refractivity contribution in [3.63, 3.8) is 0 Å². The summed E-state index contributed by atoms with van der Waals surface area (Å²) in [6, 6.07) is 14.1. The fourth-order valence-corrected chi connectivity index (χ4v) is 4.10. The monoisotopic (exact) mass is 429 g/mol. The molecule has 0 unspecified atom stereocenters. The van der Waals surface area contributed by atoms with E-state index in [0.717, 1.165) is 48.7 Å². The molecule has 0 spiro atoms. The quantitative estimate of drug-likeness (QED) is 0.649. The lowest BCUT2D eigenvalue weighted by molar-refractivity contribution is 0.244. The molecule has 3 aromatic rings. The van der Waals surface area contributed by atoms with E-state index in [1.807, 2.05) is 24.4 Å². The number of pyridine rings is 2. The number of likely N-dealkylation sites (N-methyl/N-ethyl adjacent to an activating group) is 1. The molecule has 8 heteroatoms. The van der Waals surface area contributed by atoms with E-state index >= 15 is 0 Å². The molecule has 32 heavy (non-hydrogen) atoms. The minimum Gasteiger partial charge on any atom is -0.369 e. The van der Waals surface area contributed by atoms with Crippen molar-refractivity contribution in [1.82, 2.24) is 20.2 Å². The highest BCUT2D eigenvalue weighted by molar-refractivity contribution is 5.95. The van der Waals surface area contributed by atoms with Crippen LogP contribution in [0.2, 0.25) is 0 Å². The van der Waals surface area contributed by atoms with Crippen LogP contribution in [0, 0.1) is 0 Å². The molecule has 0 atom stereocenters. The molecule has 2 aliphatic heterocycles. The Bertz CT molecular complexity index is 1080. The van der Waals surface area contributed by atoms with Crippen LogP contribution in [0.1, 0.15) is 11.1 Å². The smallest absolute Gasteiger partial charge is 0.322 e. The number of nitrogens with zero attached hydrogens (tertiary/aromatic N) is 5. The molecule has 0 bridgehead atoms. The number of carbonyl (C=O) groups is 1. The van der Waals surface area contributed by atoms with Crippen LogP contribution in [0.4, 0.5) is 27.7 Å². The van der Waals surface area contributed by atoms with Crippen LogP contribution in [0.5, 0.6) is 0 Å². The van der Waals surface area contributed by atoms with Gasteiger partial charge in [0.15, 0.2) is 0 Å². The maximum Gasteiger partial charge on any atom is 0.322 e. The zero-order valence-electron chi connectivity index (χ0n) is 18.2. The summed E-state index contributed by atoms with van der Waals surface area (Å²) >= 11 is 0. The van der Waals surface area contributed by atoms with Gasteiger partial charge >= 0.3 is 6.03 Å². The topological polar surface area (TPSA) is 76.6 Å². The maximum atomic E-state index is 12.6. The molecule has 0 aliphatic carbocycles. The Morgan fingerprint density at radius 2 is 1.78 bits per heavy atom. The maximum absolute atomic E-state index is 12.6. The fourth-order valence-electron chi connectivity index (χ4n) is 4.10. The normalized spacial score (nSPS) is 16.5. The molecule has 0 saturated carbocycles. The van der Waals surface area contributed by atoms with E-state index in [1.54, 1.807) is 17.3 Å². The highest BCUT2D eigenvalue weighted by Gasteiger charge is 2.25. The summed E-state index contributed by atoms with van der Waals surface area (Å²) in [5.41, 5.74) is 5.10. The van der Waals surface area contributed by atoms with Gasteiger partial charge in [-0.2, -0.15) is 0 Å². The second-order valence-corrected chi connectivity index (χ2v) is 8.26. The van der Waals surface area contributed by atoms with E-state index < -0.39 is 0 Å². The minimum atomic E-state index is -0.108. The van der Waals surface area contributed by atoms with Gasteiger partial charge < -0.3 is 20.4 Å². The summed E-state index contributed by atoms with van der Waals surface area (Å²) in [5, 5.41) is 6.31. The summed E-state index contributed by atoms with van der Waals surface area (Å²) in [7, 11) is 2.16. The molecular weight excluding hydrogens is 402 g/mol. The van der Waals surface area contributed by atoms with Crippen LogP contribution in [-0.4, -0.2) is 54.1 Å². The number of hydrogen-bond donors (Lipinski definition) is 2. The van der Waals surface area contributed by atoms with Crippen molar-refractivity contribution in [3.05, 3.63) is 72.2 Å². The molecule has 2 N–H and O–H groups in total. The average molecular weight is 430 g/mol. The minimum absolute atomic E-state index is 0.108. The van der Waals surface area contributed by atoms with Gasteiger partial charge in [0, 0.05) is 74.3 Å². The molecule has 2 aromatic heterocycles. The van der Waals surface area contributed by atoms with E-state index in [1.165, 1.54) is 5.69 Å². The number of nitrogens with one attached hydrogen (secondary N) is 2. The Morgan fingerprint density at radius 3 is 2.53 bits per heavy atom. The molecule has 4 heterocycles. The van der Waals surface area contributed by atoms with Gasteiger partial charge in [-0.15, -0.1) is 0 Å². The Kier molecular flexibility index (Phi) is 5.60. The first-order chi connectivity index (χ1) is 15.7. The van der Waals surface area contributed by atoms with Crippen molar-refractivity contribution in [2.75, 3.05) is 48.3 Å². The molecule has 0 radical (unpaired) electrons. The number of benzene rings is 1. The van der Waals surface area contributed by atoms with E-state index in [9.17, 15) is 4.79 Å².